The number of aromatic nitrogens is 2. The number of hydrogen-bond donors (Lipinski definition) is 0. The average Bonchev–Trinajstić information content (AvgIpc) is 3.02. The van der Waals surface area contributed by atoms with Crippen molar-refractivity contribution in [2.45, 2.75) is 0 Å². The molecule has 1 aliphatic rings. The highest BCUT2D eigenvalue weighted by molar-refractivity contribution is 7.13. The molecule has 0 atom stereocenters. The Hall–Kier alpha value is -2.02. The lowest BCUT2D eigenvalue weighted by atomic mass is 10.2. The Balaban J connectivity index is 1.63. The van der Waals surface area contributed by atoms with E-state index >= 15 is 0 Å². The number of nitrogens with zero attached hydrogens (tertiary/aromatic N) is 4. The van der Waals surface area contributed by atoms with Crippen LogP contribution in [0.1, 0.15) is 10.4 Å². The van der Waals surface area contributed by atoms with Crippen LogP contribution in [0.25, 0.3) is 0 Å². The van der Waals surface area contributed by atoms with E-state index < -0.39 is 5.95 Å². The minimum atomic E-state index is -0.574. The van der Waals surface area contributed by atoms with Crippen molar-refractivity contribution in [3.8, 4) is 0 Å². The third kappa shape index (κ3) is 2.62. The van der Waals surface area contributed by atoms with Crippen LogP contribution in [-0.4, -0.2) is 47.0 Å². The smallest absolute Gasteiger partial charge is 0.255 e. The first-order valence-corrected chi connectivity index (χ1v) is 7.17. The number of carbonyl (C=O) groups is 1. The van der Waals surface area contributed by atoms with E-state index in [1.54, 1.807) is 22.4 Å². The summed E-state index contributed by atoms with van der Waals surface area (Å²) in [5.74, 6) is -0.675. The molecule has 0 bridgehead atoms. The monoisotopic (exact) mass is 292 g/mol. The minimum Gasteiger partial charge on any atom is -0.345 e. The van der Waals surface area contributed by atoms with Crippen molar-refractivity contribution in [2.24, 2.45) is 0 Å². The second-order valence-electron chi connectivity index (χ2n) is 4.46. The summed E-state index contributed by atoms with van der Waals surface area (Å²) in [4.78, 5) is 23.9. The highest BCUT2D eigenvalue weighted by atomic mass is 32.1. The van der Waals surface area contributed by atoms with Gasteiger partial charge in [0.1, 0.15) is 0 Å². The second-order valence-corrected chi connectivity index (χ2v) is 5.34. The predicted molar refractivity (Wildman–Crippen MR) is 74.4 cm³/mol. The first-order chi connectivity index (χ1) is 9.74. The molecule has 1 saturated heterocycles. The van der Waals surface area contributed by atoms with Crippen LogP contribution in [0, 0.1) is 5.95 Å². The molecule has 1 amide bonds. The zero-order valence-electron chi connectivity index (χ0n) is 10.7. The number of thiazole rings is 1. The SMILES string of the molecule is O=C(c1ccc(F)nc1)N1CCN(c2nccs2)CC1. The van der Waals surface area contributed by atoms with Crippen molar-refractivity contribution in [3.63, 3.8) is 0 Å². The summed E-state index contributed by atoms with van der Waals surface area (Å²) in [7, 11) is 0. The molecule has 3 rings (SSSR count). The van der Waals surface area contributed by atoms with Crippen LogP contribution in [-0.2, 0) is 0 Å². The van der Waals surface area contributed by atoms with E-state index in [1.165, 1.54) is 18.3 Å². The Labute approximate surface area is 119 Å². The summed E-state index contributed by atoms with van der Waals surface area (Å²) in [5.41, 5.74) is 0.425. The van der Waals surface area contributed by atoms with E-state index in [1.807, 2.05) is 5.38 Å². The molecule has 0 radical (unpaired) electrons. The third-order valence-corrected chi connectivity index (χ3v) is 4.06. The number of rotatable bonds is 2. The molecule has 2 aromatic rings. The van der Waals surface area contributed by atoms with Crippen molar-refractivity contribution in [2.75, 3.05) is 31.1 Å². The van der Waals surface area contributed by atoms with Crippen molar-refractivity contribution in [3.05, 3.63) is 41.4 Å². The van der Waals surface area contributed by atoms with Crippen LogP contribution in [0.15, 0.2) is 29.9 Å². The van der Waals surface area contributed by atoms with E-state index in [9.17, 15) is 9.18 Å². The summed E-state index contributed by atoms with van der Waals surface area (Å²) in [6, 6.07) is 2.68. The molecule has 3 heterocycles. The third-order valence-electron chi connectivity index (χ3n) is 3.23. The standard InChI is InChI=1S/C13H13FN4OS/c14-11-2-1-10(9-16-11)12(19)17-4-6-18(7-5-17)13-15-3-8-20-13/h1-3,8-9H,4-7H2. The predicted octanol–water partition coefficient (Wildman–Crippen LogP) is 1.64. The maximum absolute atomic E-state index is 12.8. The lowest BCUT2D eigenvalue weighted by Crippen LogP contribution is -2.48. The van der Waals surface area contributed by atoms with Crippen molar-refractivity contribution in [1.29, 1.82) is 0 Å². The molecular formula is C13H13FN4OS. The zero-order chi connectivity index (χ0) is 13.9. The largest absolute Gasteiger partial charge is 0.345 e. The average molecular weight is 292 g/mol. The molecule has 0 saturated carbocycles. The van der Waals surface area contributed by atoms with E-state index in [-0.39, 0.29) is 5.91 Å². The van der Waals surface area contributed by atoms with Gasteiger partial charge in [-0.25, -0.2) is 9.97 Å². The van der Waals surface area contributed by atoms with Crippen LogP contribution in [0.5, 0.6) is 0 Å². The Kier molecular flexibility index (Phi) is 3.60. The Bertz CT molecular complexity index is 579. The molecule has 20 heavy (non-hydrogen) atoms. The molecule has 0 unspecified atom stereocenters. The van der Waals surface area contributed by atoms with Gasteiger partial charge in [0.25, 0.3) is 5.91 Å². The first-order valence-electron chi connectivity index (χ1n) is 6.29. The number of halogens is 1. The van der Waals surface area contributed by atoms with Crippen molar-refractivity contribution < 1.29 is 9.18 Å². The topological polar surface area (TPSA) is 49.3 Å². The maximum atomic E-state index is 12.8. The molecular weight excluding hydrogens is 279 g/mol. The van der Waals surface area contributed by atoms with E-state index in [2.05, 4.69) is 14.9 Å². The molecule has 2 aromatic heterocycles. The van der Waals surface area contributed by atoms with Crippen LogP contribution in [0.2, 0.25) is 0 Å². The van der Waals surface area contributed by atoms with Crippen molar-refractivity contribution >= 4 is 22.4 Å². The normalized spacial score (nSPS) is 15.4. The summed E-state index contributed by atoms with van der Waals surface area (Å²) in [6.07, 6.45) is 3.06. The van der Waals surface area contributed by atoms with Gasteiger partial charge in [-0.15, -0.1) is 11.3 Å². The van der Waals surface area contributed by atoms with Crippen LogP contribution < -0.4 is 4.90 Å². The minimum absolute atomic E-state index is 0.101. The Morgan fingerprint density at radius 2 is 2.00 bits per heavy atom. The van der Waals surface area contributed by atoms with Gasteiger partial charge < -0.3 is 9.80 Å². The highest BCUT2D eigenvalue weighted by Crippen LogP contribution is 2.19. The summed E-state index contributed by atoms with van der Waals surface area (Å²) >= 11 is 1.60. The van der Waals surface area contributed by atoms with Crippen molar-refractivity contribution in [1.82, 2.24) is 14.9 Å². The van der Waals surface area contributed by atoms with E-state index in [0.29, 0.717) is 18.7 Å². The number of amides is 1. The Morgan fingerprint density at radius 3 is 2.60 bits per heavy atom. The molecule has 0 spiro atoms. The summed E-state index contributed by atoms with van der Waals surface area (Å²) < 4.78 is 12.8. The molecule has 5 nitrogen and oxygen atoms in total. The van der Waals surface area contributed by atoms with Gasteiger partial charge in [0.05, 0.1) is 5.56 Å². The first kappa shape index (κ1) is 13.0. The number of carbonyl (C=O) groups excluding carboxylic acids is 1. The maximum Gasteiger partial charge on any atom is 0.255 e. The van der Waals surface area contributed by atoms with Gasteiger partial charge in [-0.3, -0.25) is 4.79 Å². The van der Waals surface area contributed by atoms with Gasteiger partial charge in [0.15, 0.2) is 5.13 Å². The lowest BCUT2D eigenvalue weighted by molar-refractivity contribution is 0.0746. The fourth-order valence-electron chi connectivity index (χ4n) is 2.16. The second kappa shape index (κ2) is 5.54. The number of hydrogen-bond acceptors (Lipinski definition) is 5. The fraction of sp³-hybridized carbons (Fsp3) is 0.308. The number of pyridine rings is 1. The molecule has 0 aliphatic carbocycles. The van der Waals surface area contributed by atoms with Crippen LogP contribution in [0.4, 0.5) is 9.52 Å². The molecule has 104 valence electrons. The zero-order valence-corrected chi connectivity index (χ0v) is 11.5. The molecule has 0 aromatic carbocycles. The van der Waals surface area contributed by atoms with Crippen LogP contribution in [0.3, 0.4) is 0 Å². The van der Waals surface area contributed by atoms with Gasteiger partial charge >= 0.3 is 0 Å². The van der Waals surface area contributed by atoms with Gasteiger partial charge in [0.2, 0.25) is 5.95 Å². The summed E-state index contributed by atoms with van der Waals surface area (Å²) in [5, 5.41) is 2.93. The molecule has 7 heteroatoms. The summed E-state index contributed by atoms with van der Waals surface area (Å²) in [6.45, 7) is 2.79. The number of anilines is 1. The lowest BCUT2D eigenvalue weighted by Gasteiger charge is -2.34. The molecule has 1 fully saturated rings. The van der Waals surface area contributed by atoms with Gasteiger partial charge in [-0.1, -0.05) is 0 Å². The van der Waals surface area contributed by atoms with E-state index in [0.717, 1.165) is 18.2 Å². The van der Waals surface area contributed by atoms with Crippen LogP contribution >= 0.6 is 11.3 Å². The van der Waals surface area contributed by atoms with Gasteiger partial charge in [0, 0.05) is 44.0 Å². The number of piperazine rings is 1. The quantitative estimate of drug-likeness (QED) is 0.790. The molecule has 1 aliphatic heterocycles. The van der Waals surface area contributed by atoms with Gasteiger partial charge in [-0.05, 0) is 12.1 Å². The fourth-order valence-corrected chi connectivity index (χ4v) is 2.85. The van der Waals surface area contributed by atoms with E-state index in [4.69, 9.17) is 0 Å². The highest BCUT2D eigenvalue weighted by Gasteiger charge is 2.23. The molecule has 0 N–H and O–H groups in total. The Morgan fingerprint density at radius 1 is 1.20 bits per heavy atom. The van der Waals surface area contributed by atoms with Gasteiger partial charge in [-0.2, -0.15) is 4.39 Å².